The summed E-state index contributed by atoms with van der Waals surface area (Å²) in [6, 6.07) is 14.6. The molecule has 0 saturated heterocycles. The molecule has 0 spiro atoms. The lowest BCUT2D eigenvalue weighted by Crippen LogP contribution is -2.05. The minimum absolute atomic E-state index is 0.714. The third-order valence-corrected chi connectivity index (χ3v) is 3.93. The van der Waals surface area contributed by atoms with Gasteiger partial charge in [-0.05, 0) is 37.3 Å². The van der Waals surface area contributed by atoms with Crippen LogP contribution in [0.2, 0.25) is 0 Å². The van der Waals surface area contributed by atoms with Crippen LogP contribution in [0.15, 0.2) is 46.9 Å². The highest BCUT2D eigenvalue weighted by Crippen LogP contribution is 2.20. The van der Waals surface area contributed by atoms with Crippen molar-refractivity contribution in [2.24, 2.45) is 7.05 Å². The average molecular weight is 330 g/mol. The number of benzene rings is 2. The van der Waals surface area contributed by atoms with E-state index in [4.69, 9.17) is 0 Å². The summed E-state index contributed by atoms with van der Waals surface area (Å²) in [6.45, 7) is 2.80. The highest BCUT2D eigenvalue weighted by Gasteiger charge is 2.07. The van der Waals surface area contributed by atoms with E-state index in [1.165, 1.54) is 5.56 Å². The highest BCUT2D eigenvalue weighted by atomic mass is 79.9. The van der Waals surface area contributed by atoms with Crippen LogP contribution in [0.25, 0.3) is 11.0 Å². The normalized spacial score (nSPS) is 10.9. The van der Waals surface area contributed by atoms with Crippen LogP contribution in [-0.4, -0.2) is 9.55 Å². The second-order valence-electron chi connectivity index (χ2n) is 4.94. The van der Waals surface area contributed by atoms with Gasteiger partial charge in [-0.2, -0.15) is 0 Å². The van der Waals surface area contributed by atoms with E-state index >= 15 is 0 Å². The molecule has 3 rings (SSSR count). The SMILES string of the molecule is Cc1ccc(NCc2nc3cc(Br)ccc3n2C)cc1. The number of anilines is 1. The van der Waals surface area contributed by atoms with Gasteiger partial charge in [0.25, 0.3) is 0 Å². The van der Waals surface area contributed by atoms with Crippen LogP contribution < -0.4 is 5.32 Å². The topological polar surface area (TPSA) is 29.9 Å². The van der Waals surface area contributed by atoms with Gasteiger partial charge >= 0.3 is 0 Å². The van der Waals surface area contributed by atoms with Crippen molar-refractivity contribution in [3.63, 3.8) is 0 Å². The lowest BCUT2D eigenvalue weighted by molar-refractivity contribution is 0.834. The number of imidazole rings is 1. The molecule has 0 saturated carbocycles. The van der Waals surface area contributed by atoms with Crippen LogP contribution in [0.1, 0.15) is 11.4 Å². The zero-order valence-electron chi connectivity index (χ0n) is 11.5. The molecule has 0 radical (unpaired) electrons. The molecule has 1 aromatic heterocycles. The van der Waals surface area contributed by atoms with Gasteiger partial charge in [-0.1, -0.05) is 33.6 Å². The van der Waals surface area contributed by atoms with Gasteiger partial charge in [-0.25, -0.2) is 4.98 Å². The maximum atomic E-state index is 4.68. The van der Waals surface area contributed by atoms with Gasteiger partial charge < -0.3 is 9.88 Å². The smallest absolute Gasteiger partial charge is 0.128 e. The summed E-state index contributed by atoms with van der Waals surface area (Å²) in [7, 11) is 2.05. The van der Waals surface area contributed by atoms with Gasteiger partial charge in [0, 0.05) is 17.2 Å². The first kappa shape index (κ1) is 13.2. The van der Waals surface area contributed by atoms with Gasteiger partial charge in [0.1, 0.15) is 5.82 Å². The minimum Gasteiger partial charge on any atom is -0.378 e. The zero-order valence-corrected chi connectivity index (χ0v) is 13.1. The lowest BCUT2D eigenvalue weighted by Gasteiger charge is -2.06. The van der Waals surface area contributed by atoms with Gasteiger partial charge in [-0.15, -0.1) is 0 Å². The molecule has 0 atom stereocenters. The summed E-state index contributed by atoms with van der Waals surface area (Å²) in [5.41, 5.74) is 4.54. The van der Waals surface area contributed by atoms with Crippen LogP contribution >= 0.6 is 15.9 Å². The Morgan fingerprint density at radius 2 is 1.90 bits per heavy atom. The zero-order chi connectivity index (χ0) is 14.1. The Hall–Kier alpha value is -1.81. The molecule has 1 heterocycles. The monoisotopic (exact) mass is 329 g/mol. The molecule has 3 nitrogen and oxygen atoms in total. The van der Waals surface area contributed by atoms with E-state index in [1.807, 2.05) is 12.1 Å². The standard InChI is InChI=1S/C16H16BrN3/c1-11-3-6-13(7-4-11)18-10-16-19-14-9-12(17)5-8-15(14)20(16)2/h3-9,18H,10H2,1-2H3. The quantitative estimate of drug-likeness (QED) is 0.778. The molecule has 0 amide bonds. The molecule has 20 heavy (non-hydrogen) atoms. The van der Waals surface area contributed by atoms with Crippen molar-refractivity contribution in [1.29, 1.82) is 0 Å². The molecule has 102 valence electrons. The van der Waals surface area contributed by atoms with Crippen molar-refractivity contribution in [1.82, 2.24) is 9.55 Å². The van der Waals surface area contributed by atoms with Crippen molar-refractivity contribution < 1.29 is 0 Å². The molecule has 0 unspecified atom stereocenters. The van der Waals surface area contributed by atoms with Gasteiger partial charge in [0.2, 0.25) is 0 Å². The third kappa shape index (κ3) is 2.56. The van der Waals surface area contributed by atoms with E-state index in [2.05, 4.69) is 75.1 Å². The van der Waals surface area contributed by atoms with Gasteiger partial charge in [-0.3, -0.25) is 0 Å². The third-order valence-electron chi connectivity index (χ3n) is 3.44. The van der Waals surface area contributed by atoms with Crippen LogP contribution in [0.5, 0.6) is 0 Å². The molecule has 0 aliphatic heterocycles. The molecule has 0 aliphatic carbocycles. The minimum atomic E-state index is 0.714. The second kappa shape index (κ2) is 5.29. The van der Waals surface area contributed by atoms with Crippen molar-refractivity contribution >= 4 is 32.7 Å². The number of hydrogen-bond acceptors (Lipinski definition) is 2. The number of halogens is 1. The molecular weight excluding hydrogens is 314 g/mol. The fourth-order valence-electron chi connectivity index (χ4n) is 2.23. The van der Waals surface area contributed by atoms with E-state index in [0.29, 0.717) is 6.54 Å². The van der Waals surface area contributed by atoms with Gasteiger partial charge in [0.05, 0.1) is 17.6 Å². The summed E-state index contributed by atoms with van der Waals surface area (Å²) in [5, 5.41) is 3.41. The summed E-state index contributed by atoms with van der Waals surface area (Å²) in [4.78, 5) is 4.68. The number of aryl methyl sites for hydroxylation is 2. The molecule has 0 bridgehead atoms. The number of nitrogens with zero attached hydrogens (tertiary/aromatic N) is 2. The second-order valence-corrected chi connectivity index (χ2v) is 5.86. The number of fused-ring (bicyclic) bond motifs is 1. The molecule has 4 heteroatoms. The van der Waals surface area contributed by atoms with Crippen molar-refractivity contribution in [2.75, 3.05) is 5.32 Å². The largest absolute Gasteiger partial charge is 0.378 e. The Morgan fingerprint density at radius 1 is 1.15 bits per heavy atom. The van der Waals surface area contributed by atoms with Crippen molar-refractivity contribution in [2.45, 2.75) is 13.5 Å². The Balaban J connectivity index is 1.84. The van der Waals surface area contributed by atoms with E-state index < -0.39 is 0 Å². The highest BCUT2D eigenvalue weighted by molar-refractivity contribution is 9.10. The molecule has 1 N–H and O–H groups in total. The maximum Gasteiger partial charge on any atom is 0.128 e. The summed E-state index contributed by atoms with van der Waals surface area (Å²) < 4.78 is 3.18. The van der Waals surface area contributed by atoms with Crippen LogP contribution in [0.3, 0.4) is 0 Å². The van der Waals surface area contributed by atoms with Crippen molar-refractivity contribution in [3.8, 4) is 0 Å². The summed E-state index contributed by atoms with van der Waals surface area (Å²) >= 11 is 3.48. The predicted molar refractivity (Wildman–Crippen MR) is 86.9 cm³/mol. The van der Waals surface area contributed by atoms with Gasteiger partial charge in [0.15, 0.2) is 0 Å². The fourth-order valence-corrected chi connectivity index (χ4v) is 2.58. The molecule has 0 fully saturated rings. The molecule has 3 aromatic rings. The lowest BCUT2D eigenvalue weighted by atomic mass is 10.2. The van der Waals surface area contributed by atoms with Crippen LogP contribution in [0.4, 0.5) is 5.69 Å². The number of nitrogens with one attached hydrogen (secondary N) is 1. The maximum absolute atomic E-state index is 4.68. The first-order valence-electron chi connectivity index (χ1n) is 6.55. The Bertz CT molecular complexity index is 744. The Kier molecular flexibility index (Phi) is 3.49. The average Bonchev–Trinajstić information content (AvgIpc) is 2.74. The first-order chi connectivity index (χ1) is 9.63. The van der Waals surface area contributed by atoms with Crippen LogP contribution in [-0.2, 0) is 13.6 Å². The summed E-state index contributed by atoms with van der Waals surface area (Å²) in [5.74, 6) is 1.03. The number of hydrogen-bond donors (Lipinski definition) is 1. The van der Waals surface area contributed by atoms with E-state index in [9.17, 15) is 0 Å². The fraction of sp³-hybridized carbons (Fsp3) is 0.188. The number of rotatable bonds is 3. The van der Waals surface area contributed by atoms with Crippen molar-refractivity contribution in [3.05, 3.63) is 58.3 Å². The van der Waals surface area contributed by atoms with Crippen LogP contribution in [0, 0.1) is 6.92 Å². The molecular formula is C16H16BrN3. The molecule has 0 aliphatic rings. The Morgan fingerprint density at radius 3 is 2.65 bits per heavy atom. The Labute approximate surface area is 126 Å². The predicted octanol–water partition coefficient (Wildman–Crippen LogP) is 4.26. The van der Waals surface area contributed by atoms with E-state index in [0.717, 1.165) is 27.0 Å². The first-order valence-corrected chi connectivity index (χ1v) is 7.34. The molecule has 2 aromatic carbocycles. The number of aromatic nitrogens is 2. The van der Waals surface area contributed by atoms with E-state index in [1.54, 1.807) is 0 Å². The van der Waals surface area contributed by atoms with E-state index in [-0.39, 0.29) is 0 Å². The summed E-state index contributed by atoms with van der Waals surface area (Å²) in [6.07, 6.45) is 0.